The van der Waals surface area contributed by atoms with E-state index in [1.165, 1.54) is 161 Å². The number of quaternary nitrogens is 1. The van der Waals surface area contributed by atoms with E-state index < -0.39 is 20.0 Å². The zero-order valence-electron chi connectivity index (χ0n) is 39.0. The van der Waals surface area contributed by atoms with E-state index in [0.29, 0.717) is 23.9 Å². The van der Waals surface area contributed by atoms with Crippen molar-refractivity contribution in [2.24, 2.45) is 0 Å². The molecule has 0 saturated heterocycles. The first-order valence-electron chi connectivity index (χ1n) is 24.7. The maximum Gasteiger partial charge on any atom is 0.268 e. The molecule has 0 aliphatic heterocycles. The number of aliphatic hydroxyl groups is 1. The largest absolute Gasteiger partial charge is 0.756 e. The molecule has 2 N–H and O–H groups in total. The Morgan fingerprint density at radius 2 is 1.00 bits per heavy atom. The number of carbonyl (C=O) groups is 1. The van der Waals surface area contributed by atoms with Crippen LogP contribution < -0.4 is 10.2 Å². The second-order valence-corrected chi connectivity index (χ2v) is 19.6. The number of aliphatic hydroxyl groups excluding tert-OH is 1. The SMILES string of the molecule is CCCCCCC/C=C\C/C=C\CCCCCCCCCCCCCCCCCCCC(=O)NC(COP(=O)([O-])OCC[N+](C)(C)C)C(O)CCCCCCCCC. The minimum Gasteiger partial charge on any atom is -0.756 e. The van der Waals surface area contributed by atoms with E-state index in [1.54, 1.807) is 0 Å². The molecule has 0 bridgehead atoms. The van der Waals surface area contributed by atoms with Crippen molar-refractivity contribution in [3.8, 4) is 0 Å². The number of phosphoric ester groups is 1. The van der Waals surface area contributed by atoms with Gasteiger partial charge in [-0.1, -0.05) is 205 Å². The highest BCUT2D eigenvalue weighted by Crippen LogP contribution is 2.38. The first-order valence-corrected chi connectivity index (χ1v) is 26.1. The van der Waals surface area contributed by atoms with Crippen LogP contribution in [0.25, 0.3) is 0 Å². The summed E-state index contributed by atoms with van der Waals surface area (Å²) in [6.07, 6.45) is 49.4. The van der Waals surface area contributed by atoms with Gasteiger partial charge in [-0.3, -0.25) is 9.36 Å². The molecule has 344 valence electrons. The number of hydrogen-bond donors (Lipinski definition) is 2. The number of rotatable bonds is 45. The van der Waals surface area contributed by atoms with Crippen LogP contribution in [0, 0.1) is 0 Å². The molecule has 0 aromatic heterocycles. The molecule has 9 heteroatoms. The monoisotopic (exact) mass is 841 g/mol. The number of carbonyl (C=O) groups excluding carboxylic acids is 1. The van der Waals surface area contributed by atoms with Crippen molar-refractivity contribution >= 4 is 13.7 Å². The Morgan fingerprint density at radius 3 is 1.43 bits per heavy atom. The Hall–Kier alpha value is -1.02. The smallest absolute Gasteiger partial charge is 0.268 e. The Labute approximate surface area is 360 Å². The maximum atomic E-state index is 12.8. The van der Waals surface area contributed by atoms with Crippen LogP contribution in [0.2, 0.25) is 0 Å². The zero-order chi connectivity index (χ0) is 42.8. The zero-order valence-corrected chi connectivity index (χ0v) is 39.9. The molecule has 0 spiro atoms. The van der Waals surface area contributed by atoms with Gasteiger partial charge >= 0.3 is 0 Å². The van der Waals surface area contributed by atoms with Crippen LogP contribution in [0.3, 0.4) is 0 Å². The summed E-state index contributed by atoms with van der Waals surface area (Å²) in [5.41, 5.74) is 0. The van der Waals surface area contributed by atoms with Crippen LogP contribution in [0.15, 0.2) is 24.3 Å². The maximum absolute atomic E-state index is 12.8. The van der Waals surface area contributed by atoms with E-state index in [9.17, 15) is 19.4 Å². The summed E-state index contributed by atoms with van der Waals surface area (Å²) in [4.78, 5) is 25.2. The lowest BCUT2D eigenvalue weighted by Crippen LogP contribution is -2.46. The van der Waals surface area contributed by atoms with Gasteiger partial charge in [0, 0.05) is 6.42 Å². The molecule has 1 amide bonds. The van der Waals surface area contributed by atoms with E-state index >= 15 is 0 Å². The van der Waals surface area contributed by atoms with Gasteiger partial charge in [0.25, 0.3) is 7.82 Å². The summed E-state index contributed by atoms with van der Waals surface area (Å²) in [5, 5.41) is 13.8. The fourth-order valence-electron chi connectivity index (χ4n) is 7.25. The van der Waals surface area contributed by atoms with E-state index in [2.05, 4.69) is 43.5 Å². The first kappa shape index (κ1) is 57.0. The molecule has 0 aliphatic rings. The van der Waals surface area contributed by atoms with Gasteiger partial charge in [0.1, 0.15) is 13.2 Å². The van der Waals surface area contributed by atoms with Crippen molar-refractivity contribution in [1.82, 2.24) is 5.32 Å². The standard InChI is InChI=1S/C49H97N2O6P/c1-6-8-10-12-14-15-16-17-18-19-20-21-22-23-24-25-26-27-28-29-30-31-32-33-34-35-37-39-41-43-49(53)50-47(48(52)42-40-38-36-13-11-9-7-2)46-57-58(54,55)56-45-44-51(3,4)5/h16-17,19-20,47-48,52H,6-15,18,21-46H2,1-5H3,(H-,50,53,54,55)/b17-16-,20-19-. The summed E-state index contributed by atoms with van der Waals surface area (Å²) >= 11 is 0. The lowest BCUT2D eigenvalue weighted by molar-refractivity contribution is -0.870. The Bertz CT molecular complexity index is 1000. The molecule has 0 rings (SSSR count). The van der Waals surface area contributed by atoms with Crippen LogP contribution >= 0.6 is 7.82 Å². The van der Waals surface area contributed by atoms with Crippen LogP contribution in [-0.2, 0) is 18.4 Å². The number of nitrogens with zero attached hydrogens (tertiary/aromatic N) is 1. The predicted molar refractivity (Wildman–Crippen MR) is 247 cm³/mol. The second-order valence-electron chi connectivity index (χ2n) is 18.2. The average molecular weight is 841 g/mol. The van der Waals surface area contributed by atoms with Gasteiger partial charge in [0.2, 0.25) is 5.91 Å². The topological polar surface area (TPSA) is 108 Å². The van der Waals surface area contributed by atoms with Gasteiger partial charge in [0.05, 0.1) is 39.9 Å². The highest BCUT2D eigenvalue weighted by molar-refractivity contribution is 7.45. The summed E-state index contributed by atoms with van der Waals surface area (Å²) in [6.45, 7) is 4.67. The molecule has 3 atom stereocenters. The molecular weight excluding hydrogens is 744 g/mol. The number of phosphoric acid groups is 1. The molecule has 0 aliphatic carbocycles. The number of unbranched alkanes of at least 4 members (excludes halogenated alkanes) is 28. The Morgan fingerprint density at radius 1 is 0.603 bits per heavy atom. The molecular formula is C49H97N2O6P. The van der Waals surface area contributed by atoms with Gasteiger partial charge in [-0.2, -0.15) is 0 Å². The minimum atomic E-state index is -4.55. The van der Waals surface area contributed by atoms with Gasteiger partial charge < -0.3 is 28.8 Å². The summed E-state index contributed by atoms with van der Waals surface area (Å²) in [5.74, 6) is -0.167. The average Bonchev–Trinajstić information content (AvgIpc) is 3.17. The van der Waals surface area contributed by atoms with Crippen molar-refractivity contribution in [2.75, 3.05) is 40.9 Å². The number of likely N-dealkylation sites (N-methyl/N-ethyl adjacent to an activating group) is 1. The fraction of sp³-hybridized carbons (Fsp3) is 0.898. The molecule has 0 aromatic rings. The molecule has 58 heavy (non-hydrogen) atoms. The summed E-state index contributed by atoms with van der Waals surface area (Å²) < 4.78 is 23.2. The third kappa shape index (κ3) is 43.1. The second kappa shape index (κ2) is 41.3. The van der Waals surface area contributed by atoms with Crippen molar-refractivity contribution < 1.29 is 32.9 Å². The highest BCUT2D eigenvalue weighted by Gasteiger charge is 2.24. The van der Waals surface area contributed by atoms with Crippen LogP contribution in [0.5, 0.6) is 0 Å². The molecule has 0 saturated carbocycles. The third-order valence-electron chi connectivity index (χ3n) is 11.2. The first-order chi connectivity index (χ1) is 28.0. The molecule has 0 aromatic carbocycles. The summed E-state index contributed by atoms with van der Waals surface area (Å²) in [6, 6.07) is -0.794. The quantitative estimate of drug-likeness (QED) is 0.0274. The number of hydrogen-bond acceptors (Lipinski definition) is 6. The van der Waals surface area contributed by atoms with Crippen molar-refractivity contribution in [3.05, 3.63) is 24.3 Å². The number of allylic oxidation sites excluding steroid dienone is 4. The lowest BCUT2D eigenvalue weighted by Gasteiger charge is -2.30. The van der Waals surface area contributed by atoms with E-state index in [-0.39, 0.29) is 19.1 Å². The van der Waals surface area contributed by atoms with Gasteiger partial charge in [-0.15, -0.1) is 0 Å². The van der Waals surface area contributed by atoms with Crippen LogP contribution in [0.4, 0.5) is 0 Å². The van der Waals surface area contributed by atoms with Crippen molar-refractivity contribution in [3.63, 3.8) is 0 Å². The van der Waals surface area contributed by atoms with Gasteiger partial charge in [-0.25, -0.2) is 0 Å². The molecule has 8 nitrogen and oxygen atoms in total. The molecule has 0 fully saturated rings. The summed E-state index contributed by atoms with van der Waals surface area (Å²) in [7, 11) is 1.31. The van der Waals surface area contributed by atoms with Crippen molar-refractivity contribution in [2.45, 2.75) is 244 Å². The van der Waals surface area contributed by atoms with E-state index in [0.717, 1.165) is 44.9 Å². The van der Waals surface area contributed by atoms with Gasteiger partial charge in [-0.05, 0) is 44.9 Å². The predicted octanol–water partition coefficient (Wildman–Crippen LogP) is 13.5. The fourth-order valence-corrected chi connectivity index (χ4v) is 7.97. The Balaban J connectivity index is 3.93. The van der Waals surface area contributed by atoms with E-state index in [4.69, 9.17) is 9.05 Å². The van der Waals surface area contributed by atoms with Crippen LogP contribution in [-0.4, -0.2) is 68.5 Å². The molecule has 3 unspecified atom stereocenters. The normalized spacial score (nSPS) is 14.4. The van der Waals surface area contributed by atoms with Crippen molar-refractivity contribution in [1.29, 1.82) is 0 Å². The number of nitrogens with one attached hydrogen (secondary N) is 1. The molecule has 0 radical (unpaired) electrons. The van der Waals surface area contributed by atoms with E-state index in [1.807, 2.05) is 21.1 Å². The minimum absolute atomic E-state index is 0.0132. The molecule has 0 heterocycles. The third-order valence-corrected chi connectivity index (χ3v) is 12.2. The van der Waals surface area contributed by atoms with Gasteiger partial charge in [0.15, 0.2) is 0 Å². The lowest BCUT2D eigenvalue weighted by atomic mass is 10.0. The Kier molecular flexibility index (Phi) is 40.6. The highest BCUT2D eigenvalue weighted by atomic mass is 31.2. The number of amides is 1. The van der Waals surface area contributed by atoms with Crippen LogP contribution in [0.1, 0.15) is 232 Å².